The molecule has 1 atom stereocenters. The van der Waals surface area contributed by atoms with Crippen LogP contribution in [0.3, 0.4) is 0 Å². The molecule has 1 rings (SSSR count). The molecule has 0 aromatic carbocycles. The number of hydrogen-bond acceptors (Lipinski definition) is 3. The third-order valence-electron chi connectivity index (χ3n) is 1.70. The molecule has 4 nitrogen and oxygen atoms in total. The van der Waals surface area contributed by atoms with Crippen molar-refractivity contribution in [3.05, 3.63) is 23.9 Å². The van der Waals surface area contributed by atoms with Crippen LogP contribution in [-0.2, 0) is 4.79 Å². The number of primary amides is 1. The van der Waals surface area contributed by atoms with Gasteiger partial charge < -0.3 is 11.1 Å². The fourth-order valence-corrected chi connectivity index (χ4v) is 0.846. The van der Waals surface area contributed by atoms with Gasteiger partial charge >= 0.3 is 0 Å². The minimum Gasteiger partial charge on any atom is -0.368 e. The fourth-order valence-electron chi connectivity index (χ4n) is 0.846. The van der Waals surface area contributed by atoms with Crippen molar-refractivity contribution in [2.75, 3.05) is 5.32 Å². The molecule has 0 spiro atoms. The number of carbonyl (C=O) groups excluding carboxylic acids is 1. The van der Waals surface area contributed by atoms with Crippen LogP contribution in [0.5, 0.6) is 0 Å². The van der Waals surface area contributed by atoms with E-state index in [9.17, 15) is 4.79 Å². The van der Waals surface area contributed by atoms with Crippen LogP contribution in [0, 0.1) is 6.92 Å². The minimum absolute atomic E-state index is 0.387. The van der Waals surface area contributed by atoms with Gasteiger partial charge in [0.1, 0.15) is 11.9 Å². The molecule has 0 aliphatic heterocycles. The van der Waals surface area contributed by atoms with E-state index in [0.29, 0.717) is 5.82 Å². The van der Waals surface area contributed by atoms with Crippen LogP contribution in [0.4, 0.5) is 5.82 Å². The molecule has 0 saturated carbocycles. The molecule has 1 aromatic rings. The van der Waals surface area contributed by atoms with Crippen molar-refractivity contribution in [3.8, 4) is 0 Å². The molecule has 13 heavy (non-hydrogen) atoms. The lowest BCUT2D eigenvalue weighted by molar-refractivity contribution is -0.118. The third-order valence-corrected chi connectivity index (χ3v) is 1.70. The Morgan fingerprint density at radius 2 is 2.31 bits per heavy atom. The molecule has 0 saturated heterocycles. The van der Waals surface area contributed by atoms with E-state index < -0.39 is 6.04 Å². The molecule has 1 unspecified atom stereocenters. The van der Waals surface area contributed by atoms with Crippen molar-refractivity contribution in [3.63, 3.8) is 0 Å². The second kappa shape index (κ2) is 3.89. The van der Waals surface area contributed by atoms with E-state index in [2.05, 4.69) is 10.3 Å². The first-order valence-corrected chi connectivity index (χ1v) is 4.08. The zero-order chi connectivity index (χ0) is 9.84. The summed E-state index contributed by atoms with van der Waals surface area (Å²) in [5, 5.41) is 2.88. The Kier molecular flexibility index (Phi) is 2.84. The summed E-state index contributed by atoms with van der Waals surface area (Å²) < 4.78 is 0. The van der Waals surface area contributed by atoms with Gasteiger partial charge in [0, 0.05) is 6.20 Å². The maximum absolute atomic E-state index is 10.7. The quantitative estimate of drug-likeness (QED) is 0.716. The Hall–Kier alpha value is -1.58. The predicted molar refractivity (Wildman–Crippen MR) is 51.3 cm³/mol. The van der Waals surface area contributed by atoms with Gasteiger partial charge in [-0.3, -0.25) is 4.79 Å². The molecule has 0 aliphatic rings. The van der Waals surface area contributed by atoms with Gasteiger partial charge in [0.25, 0.3) is 0 Å². The summed E-state index contributed by atoms with van der Waals surface area (Å²) in [5.41, 5.74) is 6.17. The maximum atomic E-state index is 10.7. The zero-order valence-electron chi connectivity index (χ0n) is 7.74. The van der Waals surface area contributed by atoms with Crippen LogP contribution in [0.1, 0.15) is 12.5 Å². The Morgan fingerprint density at radius 1 is 1.62 bits per heavy atom. The number of aromatic nitrogens is 1. The molecule has 1 heterocycles. The Morgan fingerprint density at radius 3 is 2.77 bits per heavy atom. The van der Waals surface area contributed by atoms with Crippen molar-refractivity contribution in [2.24, 2.45) is 5.73 Å². The highest BCUT2D eigenvalue weighted by molar-refractivity contribution is 5.82. The first-order chi connectivity index (χ1) is 6.09. The number of nitrogens with two attached hydrogens (primary N) is 1. The van der Waals surface area contributed by atoms with Crippen molar-refractivity contribution in [1.82, 2.24) is 4.98 Å². The number of nitrogens with one attached hydrogen (secondary N) is 1. The lowest BCUT2D eigenvalue weighted by Crippen LogP contribution is -2.32. The second-order valence-corrected chi connectivity index (χ2v) is 2.99. The molecule has 4 heteroatoms. The smallest absolute Gasteiger partial charge is 0.239 e. The van der Waals surface area contributed by atoms with Gasteiger partial charge in [-0.15, -0.1) is 0 Å². The number of amides is 1. The lowest BCUT2D eigenvalue weighted by Gasteiger charge is -2.10. The van der Waals surface area contributed by atoms with Crippen molar-refractivity contribution >= 4 is 11.7 Å². The molecule has 1 amide bonds. The van der Waals surface area contributed by atoms with Gasteiger partial charge in [-0.1, -0.05) is 6.07 Å². The first-order valence-electron chi connectivity index (χ1n) is 4.08. The summed E-state index contributed by atoms with van der Waals surface area (Å²) in [7, 11) is 0. The first kappa shape index (κ1) is 9.51. The van der Waals surface area contributed by atoms with Crippen molar-refractivity contribution in [1.29, 1.82) is 0 Å². The van der Waals surface area contributed by atoms with E-state index in [-0.39, 0.29) is 5.91 Å². The van der Waals surface area contributed by atoms with Crippen molar-refractivity contribution in [2.45, 2.75) is 19.9 Å². The lowest BCUT2D eigenvalue weighted by atomic mass is 10.3. The predicted octanol–water partition coefficient (Wildman–Crippen LogP) is 0.676. The average molecular weight is 179 g/mol. The summed E-state index contributed by atoms with van der Waals surface area (Å²) in [5.74, 6) is 0.277. The molecular weight excluding hydrogens is 166 g/mol. The summed E-state index contributed by atoms with van der Waals surface area (Å²) in [4.78, 5) is 14.8. The largest absolute Gasteiger partial charge is 0.368 e. The highest BCUT2D eigenvalue weighted by Gasteiger charge is 2.07. The molecule has 0 bridgehead atoms. The summed E-state index contributed by atoms with van der Waals surface area (Å²) in [6, 6.07) is 3.34. The average Bonchev–Trinajstić information content (AvgIpc) is 2.08. The van der Waals surface area contributed by atoms with Crippen LogP contribution in [0.15, 0.2) is 18.3 Å². The highest BCUT2D eigenvalue weighted by atomic mass is 16.1. The standard InChI is InChI=1S/C9H13N3O/c1-6-3-4-8(11-5-6)12-7(2)9(10)13/h3-5,7H,1-2H3,(H2,10,13)(H,11,12). The van der Waals surface area contributed by atoms with Gasteiger partial charge in [-0.2, -0.15) is 0 Å². The van der Waals surface area contributed by atoms with Gasteiger partial charge in [-0.05, 0) is 25.5 Å². The van der Waals surface area contributed by atoms with E-state index in [4.69, 9.17) is 5.73 Å². The van der Waals surface area contributed by atoms with Crippen LogP contribution in [0.25, 0.3) is 0 Å². The Balaban J connectivity index is 2.64. The van der Waals surface area contributed by atoms with Crippen LogP contribution in [-0.4, -0.2) is 16.9 Å². The number of carbonyl (C=O) groups is 1. The SMILES string of the molecule is Cc1ccc(NC(C)C(N)=O)nc1. The topological polar surface area (TPSA) is 68.0 Å². The summed E-state index contributed by atoms with van der Waals surface area (Å²) >= 11 is 0. The third kappa shape index (κ3) is 2.74. The number of rotatable bonds is 3. The molecule has 3 N–H and O–H groups in total. The maximum Gasteiger partial charge on any atom is 0.239 e. The summed E-state index contributed by atoms with van der Waals surface area (Å²) in [6.45, 7) is 3.65. The van der Waals surface area contributed by atoms with E-state index in [0.717, 1.165) is 5.56 Å². The zero-order valence-corrected chi connectivity index (χ0v) is 7.74. The summed E-state index contributed by atoms with van der Waals surface area (Å²) in [6.07, 6.45) is 1.73. The Bertz CT molecular complexity index is 294. The highest BCUT2D eigenvalue weighted by Crippen LogP contribution is 2.04. The molecule has 0 aliphatic carbocycles. The molecule has 70 valence electrons. The van der Waals surface area contributed by atoms with E-state index in [1.54, 1.807) is 13.1 Å². The number of pyridine rings is 1. The van der Waals surface area contributed by atoms with Crippen LogP contribution >= 0.6 is 0 Å². The number of anilines is 1. The van der Waals surface area contributed by atoms with Gasteiger partial charge in [0.05, 0.1) is 0 Å². The molecule has 0 fully saturated rings. The molecule has 1 aromatic heterocycles. The number of hydrogen-bond donors (Lipinski definition) is 2. The van der Waals surface area contributed by atoms with Gasteiger partial charge in [0.2, 0.25) is 5.91 Å². The van der Waals surface area contributed by atoms with Crippen LogP contribution < -0.4 is 11.1 Å². The minimum atomic E-state index is -0.393. The Labute approximate surface area is 77.2 Å². The normalized spacial score (nSPS) is 12.2. The van der Waals surface area contributed by atoms with E-state index >= 15 is 0 Å². The van der Waals surface area contributed by atoms with Crippen LogP contribution in [0.2, 0.25) is 0 Å². The number of aryl methyl sites for hydroxylation is 1. The van der Waals surface area contributed by atoms with Crippen molar-refractivity contribution < 1.29 is 4.79 Å². The molecule has 0 radical (unpaired) electrons. The monoisotopic (exact) mass is 179 g/mol. The fraction of sp³-hybridized carbons (Fsp3) is 0.333. The van der Waals surface area contributed by atoms with Gasteiger partial charge in [0.15, 0.2) is 0 Å². The molecular formula is C9H13N3O. The van der Waals surface area contributed by atoms with E-state index in [1.807, 2.05) is 19.1 Å². The van der Waals surface area contributed by atoms with Gasteiger partial charge in [-0.25, -0.2) is 4.98 Å². The second-order valence-electron chi connectivity index (χ2n) is 2.99. The van der Waals surface area contributed by atoms with E-state index in [1.165, 1.54) is 0 Å². The number of nitrogens with zero attached hydrogens (tertiary/aromatic N) is 1.